The Kier molecular flexibility index (Phi) is 9.19. The van der Waals surface area contributed by atoms with Crippen LogP contribution in [0.15, 0.2) is 88.9 Å². The molecule has 1 aromatic rings. The quantitative estimate of drug-likeness (QED) is 0.252. The van der Waals surface area contributed by atoms with Gasteiger partial charge < -0.3 is 20.5 Å². The number of allylic oxidation sites excluding steroid dienone is 7. The second-order valence-corrected chi connectivity index (χ2v) is 6.35. The zero-order chi connectivity index (χ0) is 22.0. The normalized spacial score (nSPS) is 12.7. The number of ether oxygens (including phenoxy) is 2. The molecule has 0 aliphatic carbocycles. The Balaban J connectivity index is 3.37. The molecule has 0 bridgehead atoms. The van der Waals surface area contributed by atoms with Crippen molar-refractivity contribution in [2.24, 2.45) is 5.11 Å². The fraction of sp³-hybridized carbons (Fsp3) is 0.217. The molecule has 0 fully saturated rings. The standard InChI is InChI=1S/C23H30N4O2/c1-8-9-10-17(15(2)3)11-19(16(4)5)21(27-25)14-26-18-12-20(24)23(29-7)22(13-18)28-6/h8-14,25-26H,2,4,24H2,1,3,5-7H3/b9-8-,17-10-,19-11+,21-14-,27-25?. The lowest BCUT2D eigenvalue weighted by Gasteiger charge is -2.13. The number of hydrogen-bond acceptors (Lipinski definition) is 6. The zero-order valence-electron chi connectivity index (χ0n) is 17.8. The predicted octanol–water partition coefficient (Wildman–Crippen LogP) is 6.15. The molecule has 0 atom stereocenters. The maximum absolute atomic E-state index is 7.63. The highest BCUT2D eigenvalue weighted by molar-refractivity contribution is 5.69. The van der Waals surface area contributed by atoms with E-state index in [9.17, 15) is 0 Å². The molecule has 0 aliphatic heterocycles. The fourth-order valence-electron chi connectivity index (χ4n) is 2.48. The van der Waals surface area contributed by atoms with Crippen LogP contribution < -0.4 is 20.5 Å². The second-order valence-electron chi connectivity index (χ2n) is 6.35. The van der Waals surface area contributed by atoms with E-state index in [1.165, 1.54) is 7.11 Å². The summed E-state index contributed by atoms with van der Waals surface area (Å²) in [7, 11) is 3.07. The van der Waals surface area contributed by atoms with Crippen LogP contribution in [0.3, 0.4) is 0 Å². The first-order chi connectivity index (χ1) is 13.8. The van der Waals surface area contributed by atoms with Gasteiger partial charge in [0.25, 0.3) is 0 Å². The molecule has 4 N–H and O–H groups in total. The Morgan fingerprint density at radius 1 is 1.17 bits per heavy atom. The molecule has 0 radical (unpaired) electrons. The van der Waals surface area contributed by atoms with Gasteiger partial charge in [0.2, 0.25) is 0 Å². The SMILES string of the molecule is C=C(C)C(=C\C=C/C)/C=C(C(=C)C)/C(=C/Nc1cc(N)c(OC)c(OC)c1)N=N. The van der Waals surface area contributed by atoms with Crippen LogP contribution in [0.1, 0.15) is 20.8 Å². The number of nitrogen functional groups attached to an aromatic ring is 1. The molecule has 0 amide bonds. The highest BCUT2D eigenvalue weighted by atomic mass is 16.5. The van der Waals surface area contributed by atoms with Crippen LogP contribution in [0.4, 0.5) is 11.4 Å². The molecule has 6 nitrogen and oxygen atoms in total. The minimum Gasteiger partial charge on any atom is -0.493 e. The van der Waals surface area contributed by atoms with Gasteiger partial charge in [-0.05, 0) is 44.1 Å². The van der Waals surface area contributed by atoms with Crippen molar-refractivity contribution in [3.05, 3.63) is 83.8 Å². The molecular weight excluding hydrogens is 364 g/mol. The van der Waals surface area contributed by atoms with Gasteiger partial charge >= 0.3 is 0 Å². The Morgan fingerprint density at radius 2 is 1.86 bits per heavy atom. The average Bonchev–Trinajstić information content (AvgIpc) is 2.68. The van der Waals surface area contributed by atoms with Gasteiger partial charge in [-0.25, -0.2) is 5.53 Å². The van der Waals surface area contributed by atoms with E-state index in [4.69, 9.17) is 20.7 Å². The predicted molar refractivity (Wildman–Crippen MR) is 121 cm³/mol. The fourth-order valence-corrected chi connectivity index (χ4v) is 2.48. The number of nitrogens with one attached hydrogen (secondary N) is 2. The summed E-state index contributed by atoms with van der Waals surface area (Å²) in [4.78, 5) is 0. The van der Waals surface area contributed by atoms with Crippen molar-refractivity contribution in [1.82, 2.24) is 0 Å². The third-order valence-electron chi connectivity index (χ3n) is 4.00. The lowest BCUT2D eigenvalue weighted by Crippen LogP contribution is -2.00. The van der Waals surface area contributed by atoms with Crippen molar-refractivity contribution >= 4 is 11.4 Å². The molecule has 6 heteroatoms. The minimum atomic E-state index is 0.415. The third kappa shape index (κ3) is 6.53. The van der Waals surface area contributed by atoms with E-state index < -0.39 is 0 Å². The van der Waals surface area contributed by atoms with Crippen LogP contribution >= 0.6 is 0 Å². The van der Waals surface area contributed by atoms with Gasteiger partial charge in [0.1, 0.15) is 5.70 Å². The summed E-state index contributed by atoms with van der Waals surface area (Å²) in [6.45, 7) is 13.8. The molecule has 1 rings (SSSR count). The Bertz CT molecular complexity index is 906. The number of nitrogens with zero attached hydrogens (tertiary/aromatic N) is 1. The number of nitrogens with two attached hydrogens (primary N) is 1. The first-order valence-corrected chi connectivity index (χ1v) is 9.01. The number of anilines is 2. The van der Waals surface area contributed by atoms with Gasteiger partial charge in [0, 0.05) is 23.5 Å². The van der Waals surface area contributed by atoms with Crippen molar-refractivity contribution in [3.63, 3.8) is 0 Å². The van der Waals surface area contributed by atoms with E-state index >= 15 is 0 Å². The molecule has 0 unspecified atom stereocenters. The minimum absolute atomic E-state index is 0.415. The number of benzene rings is 1. The summed E-state index contributed by atoms with van der Waals surface area (Å²) in [5.41, 5.74) is 18.5. The van der Waals surface area contributed by atoms with Crippen LogP contribution in [0.25, 0.3) is 0 Å². The summed E-state index contributed by atoms with van der Waals surface area (Å²) < 4.78 is 10.6. The summed E-state index contributed by atoms with van der Waals surface area (Å²) in [5, 5.41) is 6.79. The van der Waals surface area contributed by atoms with Crippen LogP contribution in [-0.4, -0.2) is 14.2 Å². The van der Waals surface area contributed by atoms with Crippen LogP contribution in [-0.2, 0) is 0 Å². The Morgan fingerprint density at radius 3 is 2.34 bits per heavy atom. The van der Waals surface area contributed by atoms with Crippen molar-refractivity contribution in [3.8, 4) is 11.5 Å². The first kappa shape index (κ1) is 23.5. The summed E-state index contributed by atoms with van der Waals surface area (Å²) in [6, 6.07) is 3.47. The summed E-state index contributed by atoms with van der Waals surface area (Å²) >= 11 is 0. The molecule has 154 valence electrons. The summed E-state index contributed by atoms with van der Waals surface area (Å²) in [6.07, 6.45) is 9.36. The van der Waals surface area contributed by atoms with Crippen molar-refractivity contribution < 1.29 is 9.47 Å². The number of rotatable bonds is 10. The highest BCUT2D eigenvalue weighted by Crippen LogP contribution is 2.36. The maximum atomic E-state index is 7.63. The molecule has 0 aromatic heterocycles. The average molecular weight is 395 g/mol. The van der Waals surface area contributed by atoms with E-state index in [-0.39, 0.29) is 0 Å². The molecule has 0 saturated carbocycles. The van der Waals surface area contributed by atoms with Crippen molar-refractivity contribution in [2.75, 3.05) is 25.3 Å². The second kappa shape index (κ2) is 11.3. The van der Waals surface area contributed by atoms with Gasteiger partial charge in [-0.1, -0.05) is 37.0 Å². The molecule has 1 aromatic carbocycles. The van der Waals surface area contributed by atoms with E-state index in [1.807, 2.05) is 45.1 Å². The largest absolute Gasteiger partial charge is 0.493 e. The van der Waals surface area contributed by atoms with Crippen molar-refractivity contribution in [2.45, 2.75) is 20.8 Å². The molecule has 29 heavy (non-hydrogen) atoms. The lowest BCUT2D eigenvalue weighted by molar-refractivity contribution is 0.357. The van der Waals surface area contributed by atoms with Crippen LogP contribution in [0, 0.1) is 5.53 Å². The maximum Gasteiger partial charge on any atom is 0.183 e. The topological polar surface area (TPSA) is 92.7 Å². The van der Waals surface area contributed by atoms with Crippen LogP contribution in [0.2, 0.25) is 0 Å². The van der Waals surface area contributed by atoms with Gasteiger partial charge in [0.15, 0.2) is 11.5 Å². The molecule has 0 aliphatic rings. The van der Waals surface area contributed by atoms with E-state index in [0.717, 1.165) is 22.3 Å². The van der Waals surface area contributed by atoms with Gasteiger partial charge in [-0.3, -0.25) is 0 Å². The Labute approximate surface area is 173 Å². The van der Waals surface area contributed by atoms with E-state index in [0.29, 0.717) is 28.6 Å². The molecule has 0 spiro atoms. The van der Waals surface area contributed by atoms with E-state index in [1.54, 1.807) is 25.4 Å². The Hall–Kier alpha value is -3.54. The van der Waals surface area contributed by atoms with Crippen LogP contribution in [0.5, 0.6) is 11.5 Å². The number of methoxy groups -OCH3 is 2. The molecular formula is C23H30N4O2. The van der Waals surface area contributed by atoms with E-state index in [2.05, 4.69) is 23.6 Å². The first-order valence-electron chi connectivity index (χ1n) is 9.01. The van der Waals surface area contributed by atoms with Gasteiger partial charge in [-0.2, -0.15) is 5.11 Å². The lowest BCUT2D eigenvalue weighted by atomic mass is 9.99. The molecule has 0 saturated heterocycles. The molecule has 0 heterocycles. The summed E-state index contributed by atoms with van der Waals surface area (Å²) in [5.74, 6) is 0.970. The highest BCUT2D eigenvalue weighted by Gasteiger charge is 2.11. The smallest absolute Gasteiger partial charge is 0.183 e. The zero-order valence-corrected chi connectivity index (χ0v) is 17.8. The van der Waals surface area contributed by atoms with Gasteiger partial charge in [0.05, 0.1) is 19.9 Å². The number of hydrogen-bond donors (Lipinski definition) is 3. The third-order valence-corrected chi connectivity index (χ3v) is 4.00. The van der Waals surface area contributed by atoms with Gasteiger partial charge in [-0.15, -0.1) is 0 Å². The van der Waals surface area contributed by atoms with Crippen molar-refractivity contribution in [1.29, 1.82) is 5.53 Å². The monoisotopic (exact) mass is 394 g/mol.